The maximum atomic E-state index is 12.2. The molecule has 0 unspecified atom stereocenters. The van der Waals surface area contributed by atoms with Crippen LogP contribution in [0.4, 0.5) is 0 Å². The SMILES string of the molecule is N#Cc1cncc(CNC(=O)c2n[nH]c3c2CSCC3)c1. The Morgan fingerprint density at radius 2 is 2.43 bits per heavy atom. The quantitative estimate of drug-likeness (QED) is 0.893. The molecular weight excluding hydrogens is 286 g/mol. The van der Waals surface area contributed by atoms with Gasteiger partial charge in [0.15, 0.2) is 5.69 Å². The lowest BCUT2D eigenvalue weighted by atomic mass is 10.1. The van der Waals surface area contributed by atoms with Gasteiger partial charge in [0.2, 0.25) is 0 Å². The molecule has 0 saturated heterocycles. The lowest BCUT2D eigenvalue weighted by Crippen LogP contribution is -2.24. The summed E-state index contributed by atoms with van der Waals surface area (Å²) in [7, 11) is 0. The second-order valence-electron chi connectivity index (χ2n) is 4.71. The minimum atomic E-state index is -0.197. The van der Waals surface area contributed by atoms with Gasteiger partial charge in [0.05, 0.1) is 5.56 Å². The highest BCUT2D eigenvalue weighted by Gasteiger charge is 2.21. The number of hydrogen-bond acceptors (Lipinski definition) is 5. The van der Waals surface area contributed by atoms with Crippen LogP contribution >= 0.6 is 11.8 Å². The van der Waals surface area contributed by atoms with Crippen molar-refractivity contribution in [3.05, 3.63) is 46.5 Å². The Balaban J connectivity index is 1.69. The molecule has 21 heavy (non-hydrogen) atoms. The van der Waals surface area contributed by atoms with E-state index in [1.165, 1.54) is 6.20 Å². The smallest absolute Gasteiger partial charge is 0.272 e. The van der Waals surface area contributed by atoms with Gasteiger partial charge in [-0.1, -0.05) is 0 Å². The van der Waals surface area contributed by atoms with Crippen molar-refractivity contribution in [3.8, 4) is 6.07 Å². The molecule has 2 N–H and O–H groups in total. The first-order valence-electron chi connectivity index (χ1n) is 6.54. The van der Waals surface area contributed by atoms with Crippen molar-refractivity contribution in [2.45, 2.75) is 18.7 Å². The molecule has 0 saturated carbocycles. The maximum Gasteiger partial charge on any atom is 0.272 e. The van der Waals surface area contributed by atoms with Gasteiger partial charge >= 0.3 is 0 Å². The molecule has 106 valence electrons. The van der Waals surface area contributed by atoms with Crippen molar-refractivity contribution in [2.75, 3.05) is 5.75 Å². The van der Waals surface area contributed by atoms with Gasteiger partial charge < -0.3 is 5.32 Å². The van der Waals surface area contributed by atoms with Crippen LogP contribution < -0.4 is 5.32 Å². The van der Waals surface area contributed by atoms with Crippen LogP contribution in [-0.4, -0.2) is 26.8 Å². The Bertz CT molecular complexity index is 718. The highest BCUT2D eigenvalue weighted by molar-refractivity contribution is 7.98. The Morgan fingerprint density at radius 1 is 1.52 bits per heavy atom. The summed E-state index contributed by atoms with van der Waals surface area (Å²) in [5, 5.41) is 18.7. The molecule has 0 aromatic carbocycles. The van der Waals surface area contributed by atoms with Crippen LogP contribution in [0.25, 0.3) is 0 Å². The third-order valence-electron chi connectivity index (χ3n) is 3.29. The number of aromatic amines is 1. The number of aromatic nitrogens is 3. The Hall–Kier alpha value is -2.33. The minimum absolute atomic E-state index is 0.197. The summed E-state index contributed by atoms with van der Waals surface area (Å²) in [6, 6.07) is 3.74. The van der Waals surface area contributed by atoms with Gasteiger partial charge in [-0.15, -0.1) is 0 Å². The van der Waals surface area contributed by atoms with Crippen molar-refractivity contribution in [3.63, 3.8) is 0 Å². The number of H-pyrrole nitrogens is 1. The van der Waals surface area contributed by atoms with E-state index in [1.807, 2.05) is 17.8 Å². The zero-order valence-corrected chi connectivity index (χ0v) is 12.0. The molecule has 0 aliphatic carbocycles. The molecule has 0 bridgehead atoms. The van der Waals surface area contributed by atoms with Crippen LogP contribution in [0.5, 0.6) is 0 Å². The van der Waals surface area contributed by atoms with Crippen LogP contribution in [0.15, 0.2) is 18.5 Å². The number of hydrogen-bond donors (Lipinski definition) is 2. The predicted octanol–water partition coefficient (Wildman–Crippen LogP) is 1.40. The van der Waals surface area contributed by atoms with Crippen molar-refractivity contribution in [1.82, 2.24) is 20.5 Å². The molecule has 2 aromatic rings. The highest BCUT2D eigenvalue weighted by Crippen LogP contribution is 2.25. The number of aryl methyl sites for hydroxylation is 1. The monoisotopic (exact) mass is 299 g/mol. The van der Waals surface area contributed by atoms with Gasteiger partial charge in [0, 0.05) is 35.9 Å². The number of nitrogens with zero attached hydrogens (tertiary/aromatic N) is 3. The zero-order chi connectivity index (χ0) is 14.7. The van der Waals surface area contributed by atoms with Gasteiger partial charge in [-0.25, -0.2) is 0 Å². The molecular formula is C14H13N5OS. The second kappa shape index (κ2) is 5.97. The Kier molecular flexibility index (Phi) is 3.88. The summed E-state index contributed by atoms with van der Waals surface area (Å²) in [6.07, 6.45) is 4.05. The number of nitriles is 1. The second-order valence-corrected chi connectivity index (χ2v) is 5.81. The van der Waals surface area contributed by atoms with E-state index < -0.39 is 0 Å². The van der Waals surface area contributed by atoms with E-state index in [2.05, 4.69) is 20.5 Å². The topological polar surface area (TPSA) is 94.5 Å². The molecule has 0 radical (unpaired) electrons. The van der Waals surface area contributed by atoms with E-state index in [1.54, 1.807) is 12.3 Å². The summed E-state index contributed by atoms with van der Waals surface area (Å²) in [5.41, 5.74) is 3.82. The fourth-order valence-electron chi connectivity index (χ4n) is 2.21. The molecule has 1 amide bonds. The van der Waals surface area contributed by atoms with Crippen LogP contribution in [0.3, 0.4) is 0 Å². The standard InChI is InChI=1S/C14H13N5OS/c15-4-9-3-10(6-16-5-9)7-17-14(20)13-11-8-21-2-1-12(11)18-19-13/h3,5-6H,1-2,7-8H2,(H,17,20)(H,18,19). The van der Waals surface area contributed by atoms with E-state index in [-0.39, 0.29) is 5.91 Å². The van der Waals surface area contributed by atoms with E-state index in [0.717, 1.165) is 34.7 Å². The molecule has 0 atom stereocenters. The fourth-order valence-corrected chi connectivity index (χ4v) is 3.22. The first-order valence-corrected chi connectivity index (χ1v) is 7.69. The van der Waals surface area contributed by atoms with Crippen molar-refractivity contribution >= 4 is 17.7 Å². The Labute approximate surface area is 126 Å². The number of carbonyl (C=O) groups excluding carboxylic acids is 1. The van der Waals surface area contributed by atoms with Gasteiger partial charge in [-0.2, -0.15) is 22.1 Å². The van der Waals surface area contributed by atoms with E-state index in [4.69, 9.17) is 5.26 Å². The van der Waals surface area contributed by atoms with Gasteiger partial charge in [-0.05, 0) is 23.8 Å². The molecule has 1 aliphatic rings. The van der Waals surface area contributed by atoms with Crippen molar-refractivity contribution in [1.29, 1.82) is 5.26 Å². The number of nitrogens with one attached hydrogen (secondary N) is 2. The van der Waals surface area contributed by atoms with Crippen LogP contribution in [-0.2, 0) is 18.7 Å². The van der Waals surface area contributed by atoms with Crippen molar-refractivity contribution in [2.24, 2.45) is 0 Å². The lowest BCUT2D eigenvalue weighted by molar-refractivity contribution is 0.0945. The van der Waals surface area contributed by atoms with Gasteiger partial charge in [-0.3, -0.25) is 14.9 Å². The number of amides is 1. The zero-order valence-electron chi connectivity index (χ0n) is 11.2. The average molecular weight is 299 g/mol. The van der Waals surface area contributed by atoms with Crippen LogP contribution in [0.2, 0.25) is 0 Å². The average Bonchev–Trinajstić information content (AvgIpc) is 2.97. The number of pyridine rings is 1. The third kappa shape index (κ3) is 2.90. The van der Waals surface area contributed by atoms with Crippen LogP contribution in [0, 0.1) is 11.3 Å². The summed E-state index contributed by atoms with van der Waals surface area (Å²) < 4.78 is 0. The number of thioether (sulfide) groups is 1. The molecule has 6 nitrogen and oxygen atoms in total. The van der Waals surface area contributed by atoms with Crippen LogP contribution in [0.1, 0.15) is 32.9 Å². The first-order chi connectivity index (χ1) is 10.3. The molecule has 0 fully saturated rings. The number of carbonyl (C=O) groups is 1. The molecule has 3 rings (SSSR count). The van der Waals surface area contributed by atoms with Gasteiger partial charge in [0.25, 0.3) is 5.91 Å². The number of rotatable bonds is 3. The normalized spacial score (nSPS) is 13.3. The molecule has 3 heterocycles. The molecule has 7 heteroatoms. The highest BCUT2D eigenvalue weighted by atomic mass is 32.2. The largest absolute Gasteiger partial charge is 0.346 e. The molecule has 2 aromatic heterocycles. The third-order valence-corrected chi connectivity index (χ3v) is 4.27. The summed E-state index contributed by atoms with van der Waals surface area (Å²) in [6.45, 7) is 0.329. The van der Waals surface area contributed by atoms with E-state index in [9.17, 15) is 4.79 Å². The van der Waals surface area contributed by atoms with E-state index in [0.29, 0.717) is 17.8 Å². The molecule has 0 spiro atoms. The maximum absolute atomic E-state index is 12.2. The lowest BCUT2D eigenvalue weighted by Gasteiger charge is -2.11. The predicted molar refractivity (Wildman–Crippen MR) is 78.6 cm³/mol. The fraction of sp³-hybridized carbons (Fsp3) is 0.286. The number of fused-ring (bicyclic) bond motifs is 1. The van der Waals surface area contributed by atoms with Crippen molar-refractivity contribution < 1.29 is 4.79 Å². The van der Waals surface area contributed by atoms with Gasteiger partial charge in [0.1, 0.15) is 6.07 Å². The first kappa shape index (κ1) is 13.6. The summed E-state index contributed by atoms with van der Waals surface area (Å²) in [4.78, 5) is 16.2. The summed E-state index contributed by atoms with van der Waals surface area (Å²) >= 11 is 1.81. The van der Waals surface area contributed by atoms with E-state index >= 15 is 0 Å². The summed E-state index contributed by atoms with van der Waals surface area (Å²) in [5.74, 6) is 1.68. The Morgan fingerprint density at radius 3 is 3.29 bits per heavy atom. The minimum Gasteiger partial charge on any atom is -0.346 e. The molecule has 1 aliphatic heterocycles.